The SMILES string of the molecule is Cn1nnc(NC(=O)C2CNC2)n1. The van der Waals surface area contributed by atoms with Gasteiger partial charge in [0.05, 0.1) is 13.0 Å². The van der Waals surface area contributed by atoms with Crippen molar-refractivity contribution in [1.82, 2.24) is 25.5 Å². The van der Waals surface area contributed by atoms with Crippen molar-refractivity contribution in [3.05, 3.63) is 0 Å². The fourth-order valence-electron chi connectivity index (χ4n) is 1.02. The van der Waals surface area contributed by atoms with Crippen LogP contribution in [-0.2, 0) is 11.8 Å². The van der Waals surface area contributed by atoms with Crippen molar-refractivity contribution in [3.63, 3.8) is 0 Å². The molecule has 0 saturated carbocycles. The largest absolute Gasteiger partial charge is 0.315 e. The van der Waals surface area contributed by atoms with Gasteiger partial charge in [-0.05, 0) is 5.21 Å². The predicted molar refractivity (Wildman–Crippen MR) is 43.8 cm³/mol. The van der Waals surface area contributed by atoms with Gasteiger partial charge in [0.15, 0.2) is 0 Å². The molecule has 0 radical (unpaired) electrons. The molecule has 1 aromatic heterocycles. The van der Waals surface area contributed by atoms with Crippen molar-refractivity contribution >= 4 is 11.9 Å². The fraction of sp³-hybridized carbons (Fsp3) is 0.667. The van der Waals surface area contributed by atoms with E-state index < -0.39 is 0 Å². The maximum Gasteiger partial charge on any atom is 0.270 e. The van der Waals surface area contributed by atoms with E-state index in [0.29, 0.717) is 0 Å². The summed E-state index contributed by atoms with van der Waals surface area (Å²) in [5.41, 5.74) is 0. The molecule has 0 atom stereocenters. The van der Waals surface area contributed by atoms with Crippen molar-refractivity contribution in [2.45, 2.75) is 0 Å². The van der Waals surface area contributed by atoms with Crippen LogP contribution in [0.3, 0.4) is 0 Å². The lowest BCUT2D eigenvalue weighted by Crippen LogP contribution is -2.48. The zero-order chi connectivity index (χ0) is 9.26. The summed E-state index contributed by atoms with van der Waals surface area (Å²) >= 11 is 0. The highest BCUT2D eigenvalue weighted by molar-refractivity contribution is 5.91. The van der Waals surface area contributed by atoms with Crippen LogP contribution < -0.4 is 10.6 Å². The van der Waals surface area contributed by atoms with E-state index in [2.05, 4.69) is 26.0 Å². The average Bonchev–Trinajstić information content (AvgIpc) is 2.31. The predicted octanol–water partition coefficient (Wildman–Crippen LogP) is -1.63. The third-order valence-electron chi connectivity index (χ3n) is 1.90. The molecule has 0 aliphatic carbocycles. The van der Waals surface area contributed by atoms with E-state index in [4.69, 9.17) is 0 Å². The number of amides is 1. The van der Waals surface area contributed by atoms with Crippen molar-refractivity contribution in [2.75, 3.05) is 18.4 Å². The monoisotopic (exact) mass is 182 g/mol. The minimum Gasteiger partial charge on any atom is -0.315 e. The highest BCUT2D eigenvalue weighted by Crippen LogP contribution is 2.05. The third kappa shape index (κ3) is 1.64. The summed E-state index contributed by atoms with van der Waals surface area (Å²) < 4.78 is 0. The topological polar surface area (TPSA) is 84.7 Å². The van der Waals surface area contributed by atoms with Gasteiger partial charge in [-0.2, -0.15) is 4.80 Å². The first-order valence-electron chi connectivity index (χ1n) is 4.01. The summed E-state index contributed by atoms with van der Waals surface area (Å²) in [6, 6.07) is 0. The average molecular weight is 182 g/mol. The van der Waals surface area contributed by atoms with Gasteiger partial charge in [0.2, 0.25) is 5.91 Å². The summed E-state index contributed by atoms with van der Waals surface area (Å²) in [5, 5.41) is 16.7. The van der Waals surface area contributed by atoms with Gasteiger partial charge in [-0.25, -0.2) is 0 Å². The number of hydrogen-bond donors (Lipinski definition) is 2. The Hall–Kier alpha value is -1.50. The molecule has 1 aliphatic heterocycles. The van der Waals surface area contributed by atoms with E-state index in [1.54, 1.807) is 7.05 Å². The minimum absolute atomic E-state index is 0.0452. The normalized spacial score (nSPS) is 16.7. The summed E-state index contributed by atoms with van der Waals surface area (Å²) in [6.07, 6.45) is 0. The molecule has 7 nitrogen and oxygen atoms in total. The zero-order valence-electron chi connectivity index (χ0n) is 7.19. The van der Waals surface area contributed by atoms with E-state index in [9.17, 15) is 4.79 Å². The molecule has 70 valence electrons. The number of carbonyl (C=O) groups excluding carboxylic acids is 1. The number of anilines is 1. The Morgan fingerprint density at radius 1 is 1.69 bits per heavy atom. The molecule has 0 aromatic carbocycles. The van der Waals surface area contributed by atoms with Crippen LogP contribution in [-0.4, -0.2) is 39.2 Å². The molecule has 1 fully saturated rings. The number of carbonyl (C=O) groups is 1. The second-order valence-corrected chi connectivity index (χ2v) is 2.95. The summed E-state index contributed by atoms with van der Waals surface area (Å²) in [5.74, 6) is 0.259. The highest BCUT2D eigenvalue weighted by atomic mass is 16.2. The number of aryl methyl sites for hydroxylation is 1. The van der Waals surface area contributed by atoms with Gasteiger partial charge < -0.3 is 5.32 Å². The number of nitrogens with one attached hydrogen (secondary N) is 2. The molecule has 1 aromatic rings. The van der Waals surface area contributed by atoms with Gasteiger partial charge in [-0.3, -0.25) is 10.1 Å². The van der Waals surface area contributed by atoms with Crippen LogP contribution in [0, 0.1) is 5.92 Å². The second kappa shape index (κ2) is 3.09. The molecule has 1 saturated heterocycles. The van der Waals surface area contributed by atoms with Crippen molar-refractivity contribution in [2.24, 2.45) is 13.0 Å². The van der Waals surface area contributed by atoms with Crippen molar-refractivity contribution < 1.29 is 4.79 Å². The van der Waals surface area contributed by atoms with Crippen LogP contribution in [0.15, 0.2) is 0 Å². The Bertz CT molecular complexity index is 317. The quantitative estimate of drug-likeness (QED) is 0.573. The molecule has 0 unspecified atom stereocenters. The maximum atomic E-state index is 11.3. The van der Waals surface area contributed by atoms with Crippen molar-refractivity contribution in [3.8, 4) is 0 Å². The molecular weight excluding hydrogens is 172 g/mol. The molecular formula is C6H10N6O. The zero-order valence-corrected chi connectivity index (χ0v) is 7.19. The standard InChI is InChI=1S/C6H10N6O/c1-12-10-6(9-11-12)8-5(13)4-2-7-3-4/h4,7H,2-3H2,1H3,(H,8,10,13). The Labute approximate surface area is 74.5 Å². The van der Waals surface area contributed by atoms with Crippen molar-refractivity contribution in [1.29, 1.82) is 0 Å². The first-order valence-corrected chi connectivity index (χ1v) is 4.01. The fourth-order valence-corrected chi connectivity index (χ4v) is 1.02. The van der Waals surface area contributed by atoms with E-state index >= 15 is 0 Å². The van der Waals surface area contributed by atoms with Crippen LogP contribution in [0.25, 0.3) is 0 Å². The van der Waals surface area contributed by atoms with Crippen LogP contribution in [0.2, 0.25) is 0 Å². The van der Waals surface area contributed by atoms with Gasteiger partial charge in [-0.1, -0.05) is 5.10 Å². The van der Waals surface area contributed by atoms with Gasteiger partial charge >= 0.3 is 0 Å². The Balaban J connectivity index is 1.93. The van der Waals surface area contributed by atoms with E-state index in [1.165, 1.54) is 4.80 Å². The Kier molecular flexibility index (Phi) is 1.93. The Morgan fingerprint density at radius 2 is 2.46 bits per heavy atom. The molecule has 13 heavy (non-hydrogen) atoms. The van der Waals surface area contributed by atoms with Crippen LogP contribution in [0.5, 0.6) is 0 Å². The first kappa shape index (κ1) is 8.11. The van der Waals surface area contributed by atoms with Crippen LogP contribution in [0.1, 0.15) is 0 Å². The summed E-state index contributed by atoms with van der Waals surface area (Å²) in [4.78, 5) is 12.6. The van der Waals surface area contributed by atoms with E-state index in [1.807, 2.05) is 0 Å². The lowest BCUT2D eigenvalue weighted by atomic mass is 10.0. The van der Waals surface area contributed by atoms with E-state index in [0.717, 1.165) is 13.1 Å². The molecule has 0 bridgehead atoms. The van der Waals surface area contributed by atoms with Crippen LogP contribution >= 0.6 is 0 Å². The maximum absolute atomic E-state index is 11.3. The van der Waals surface area contributed by atoms with Gasteiger partial charge in [-0.15, -0.1) is 5.10 Å². The number of nitrogens with zero attached hydrogens (tertiary/aromatic N) is 4. The molecule has 2 rings (SSSR count). The molecule has 0 spiro atoms. The smallest absolute Gasteiger partial charge is 0.270 e. The summed E-state index contributed by atoms with van der Waals surface area (Å²) in [7, 11) is 1.65. The van der Waals surface area contributed by atoms with Crippen LogP contribution in [0.4, 0.5) is 5.95 Å². The second-order valence-electron chi connectivity index (χ2n) is 2.95. The number of aromatic nitrogens is 4. The highest BCUT2D eigenvalue weighted by Gasteiger charge is 2.25. The molecule has 1 aliphatic rings. The van der Waals surface area contributed by atoms with Gasteiger partial charge in [0.25, 0.3) is 5.95 Å². The molecule has 2 N–H and O–H groups in total. The first-order chi connectivity index (χ1) is 6.25. The summed E-state index contributed by atoms with van der Waals surface area (Å²) in [6.45, 7) is 1.46. The number of hydrogen-bond acceptors (Lipinski definition) is 5. The van der Waals surface area contributed by atoms with Gasteiger partial charge in [0, 0.05) is 13.1 Å². The molecule has 1 amide bonds. The molecule has 7 heteroatoms. The lowest BCUT2D eigenvalue weighted by Gasteiger charge is -2.24. The third-order valence-corrected chi connectivity index (χ3v) is 1.90. The Morgan fingerprint density at radius 3 is 2.92 bits per heavy atom. The lowest BCUT2D eigenvalue weighted by molar-refractivity contribution is -0.121. The minimum atomic E-state index is -0.0493. The number of tetrazole rings is 1. The van der Waals surface area contributed by atoms with Gasteiger partial charge in [0.1, 0.15) is 0 Å². The van der Waals surface area contributed by atoms with E-state index in [-0.39, 0.29) is 17.8 Å². The number of rotatable bonds is 2. The molecule has 2 heterocycles.